The van der Waals surface area contributed by atoms with E-state index in [0.717, 1.165) is 5.69 Å². The van der Waals surface area contributed by atoms with Crippen LogP contribution in [-0.2, 0) is 16.0 Å². The molecule has 1 atom stereocenters. The van der Waals surface area contributed by atoms with Crippen LogP contribution in [0.2, 0.25) is 5.02 Å². The van der Waals surface area contributed by atoms with Crippen LogP contribution in [0.4, 0.5) is 0 Å². The van der Waals surface area contributed by atoms with Crippen molar-refractivity contribution in [1.29, 1.82) is 0 Å². The third-order valence-corrected chi connectivity index (χ3v) is 6.25. The van der Waals surface area contributed by atoms with Crippen molar-refractivity contribution in [2.45, 2.75) is 39.2 Å². The maximum Gasteiger partial charge on any atom is 0.253 e. The Kier molecular flexibility index (Phi) is 8.83. The number of nitrogens with zero attached hydrogens (tertiary/aromatic N) is 2. The molecule has 33 heavy (non-hydrogen) atoms. The van der Waals surface area contributed by atoms with Crippen LogP contribution in [-0.4, -0.2) is 53.3 Å². The maximum absolute atomic E-state index is 13.2. The number of hydrogen-bond acceptors (Lipinski definition) is 4. The van der Waals surface area contributed by atoms with Gasteiger partial charge in [-0.15, -0.1) is 0 Å². The molecule has 1 aliphatic rings. The average Bonchev–Trinajstić information content (AvgIpc) is 2.82. The smallest absolute Gasteiger partial charge is 0.253 e. The molecule has 7 nitrogen and oxygen atoms in total. The van der Waals surface area contributed by atoms with Gasteiger partial charge in [-0.1, -0.05) is 43.6 Å². The van der Waals surface area contributed by atoms with Crippen LogP contribution < -0.4 is 10.6 Å². The molecular weight excluding hydrogens is 440 g/mol. The van der Waals surface area contributed by atoms with Crippen LogP contribution in [0, 0.1) is 11.8 Å². The lowest BCUT2D eigenvalue weighted by Crippen LogP contribution is -2.53. The molecule has 0 unspecified atom stereocenters. The Hall–Kier alpha value is -2.93. The molecular formula is C25H31ClN4O3. The van der Waals surface area contributed by atoms with Gasteiger partial charge in [0.05, 0.1) is 10.6 Å². The number of nitrogens with one attached hydrogen (secondary N) is 2. The zero-order chi connectivity index (χ0) is 23.8. The highest BCUT2D eigenvalue weighted by atomic mass is 35.5. The summed E-state index contributed by atoms with van der Waals surface area (Å²) in [6.07, 6.45) is 3.63. The fourth-order valence-electron chi connectivity index (χ4n) is 3.94. The van der Waals surface area contributed by atoms with Gasteiger partial charge in [-0.2, -0.15) is 0 Å². The van der Waals surface area contributed by atoms with Gasteiger partial charge in [-0.25, -0.2) is 0 Å². The first-order valence-corrected chi connectivity index (χ1v) is 11.8. The quantitative estimate of drug-likeness (QED) is 0.620. The highest BCUT2D eigenvalue weighted by molar-refractivity contribution is 6.33. The Bertz CT molecular complexity index is 959. The predicted octanol–water partition coefficient (Wildman–Crippen LogP) is 3.09. The molecule has 8 heteroatoms. The number of carbonyl (C=O) groups excluding carboxylic acids is 3. The number of amides is 3. The van der Waals surface area contributed by atoms with Crippen molar-refractivity contribution >= 4 is 29.3 Å². The summed E-state index contributed by atoms with van der Waals surface area (Å²) in [5.41, 5.74) is 1.29. The molecule has 3 amide bonds. The Morgan fingerprint density at radius 1 is 1.09 bits per heavy atom. The molecule has 1 aromatic heterocycles. The second-order valence-corrected chi connectivity index (χ2v) is 9.04. The fourth-order valence-corrected chi connectivity index (χ4v) is 4.16. The number of pyridine rings is 1. The van der Waals surface area contributed by atoms with E-state index < -0.39 is 6.04 Å². The molecule has 0 radical (unpaired) electrons. The minimum absolute atomic E-state index is 0.0189. The second kappa shape index (κ2) is 11.8. The monoisotopic (exact) mass is 470 g/mol. The summed E-state index contributed by atoms with van der Waals surface area (Å²) >= 11 is 6.13. The van der Waals surface area contributed by atoms with Crippen LogP contribution in [0.3, 0.4) is 0 Å². The van der Waals surface area contributed by atoms with Crippen LogP contribution >= 0.6 is 11.6 Å². The van der Waals surface area contributed by atoms with Gasteiger partial charge in [-0.3, -0.25) is 19.4 Å². The van der Waals surface area contributed by atoms with E-state index in [0.29, 0.717) is 49.5 Å². The minimum atomic E-state index is -0.655. The Balaban J connectivity index is 1.49. The van der Waals surface area contributed by atoms with E-state index in [1.54, 1.807) is 35.4 Å². The molecule has 2 aromatic rings. The molecule has 0 aliphatic carbocycles. The van der Waals surface area contributed by atoms with Crippen molar-refractivity contribution in [3.8, 4) is 0 Å². The predicted molar refractivity (Wildman–Crippen MR) is 128 cm³/mol. The van der Waals surface area contributed by atoms with Crippen LogP contribution in [0.15, 0.2) is 48.7 Å². The summed E-state index contributed by atoms with van der Waals surface area (Å²) in [6, 6.07) is 11.8. The van der Waals surface area contributed by atoms with Crippen LogP contribution in [0.25, 0.3) is 0 Å². The van der Waals surface area contributed by atoms with Gasteiger partial charge >= 0.3 is 0 Å². The van der Waals surface area contributed by atoms with E-state index in [-0.39, 0.29) is 29.6 Å². The van der Waals surface area contributed by atoms with Crippen molar-refractivity contribution < 1.29 is 14.4 Å². The minimum Gasteiger partial charge on any atom is -0.355 e. The van der Waals surface area contributed by atoms with E-state index in [9.17, 15) is 14.4 Å². The second-order valence-electron chi connectivity index (χ2n) is 8.64. The number of hydrogen-bond donors (Lipinski definition) is 2. The average molecular weight is 471 g/mol. The van der Waals surface area contributed by atoms with Crippen molar-refractivity contribution in [1.82, 2.24) is 20.5 Å². The van der Waals surface area contributed by atoms with Gasteiger partial charge in [0.1, 0.15) is 6.04 Å². The lowest BCUT2D eigenvalue weighted by molar-refractivity contribution is -0.138. The van der Waals surface area contributed by atoms with Crippen LogP contribution in [0.1, 0.15) is 42.7 Å². The lowest BCUT2D eigenvalue weighted by atomic mass is 9.94. The molecule has 0 saturated carbocycles. The molecule has 0 spiro atoms. The first kappa shape index (κ1) is 24.7. The molecule has 1 aromatic carbocycles. The fraction of sp³-hybridized carbons (Fsp3) is 0.440. The maximum atomic E-state index is 13.2. The Morgan fingerprint density at radius 2 is 1.79 bits per heavy atom. The zero-order valence-electron chi connectivity index (χ0n) is 19.1. The molecule has 1 saturated heterocycles. The summed E-state index contributed by atoms with van der Waals surface area (Å²) in [5.74, 6) is -0.677. The largest absolute Gasteiger partial charge is 0.355 e. The normalized spacial score (nSPS) is 15.2. The summed E-state index contributed by atoms with van der Waals surface area (Å²) in [6.45, 7) is 5.32. The van der Waals surface area contributed by atoms with Gasteiger partial charge in [0.15, 0.2) is 0 Å². The van der Waals surface area contributed by atoms with E-state index in [1.807, 2.05) is 32.0 Å². The molecule has 2 heterocycles. The van der Waals surface area contributed by atoms with E-state index in [4.69, 9.17) is 11.6 Å². The topological polar surface area (TPSA) is 91.4 Å². The summed E-state index contributed by atoms with van der Waals surface area (Å²) in [7, 11) is 0. The number of piperidine rings is 1. The van der Waals surface area contributed by atoms with Gasteiger partial charge in [0.2, 0.25) is 11.8 Å². The van der Waals surface area contributed by atoms with Crippen molar-refractivity contribution in [3.05, 3.63) is 64.9 Å². The SMILES string of the molecule is CC(C)[C@H](NC(=O)c1ccccc1Cl)C(=O)N1CCC(C(=O)NCCc2ccccn2)CC1. The molecule has 1 aliphatic heterocycles. The zero-order valence-corrected chi connectivity index (χ0v) is 19.8. The van der Waals surface area contributed by atoms with Crippen molar-refractivity contribution in [2.75, 3.05) is 19.6 Å². The van der Waals surface area contributed by atoms with E-state index >= 15 is 0 Å². The number of benzene rings is 1. The third-order valence-electron chi connectivity index (χ3n) is 5.92. The standard InChI is InChI=1S/C25H31ClN4O3/c1-17(2)22(29-24(32)20-8-3-4-9-21(20)26)25(33)30-15-11-18(12-16-30)23(31)28-14-10-19-7-5-6-13-27-19/h3-9,13,17-18,22H,10-12,14-16H2,1-2H3,(H,28,31)(H,29,32)/t22-/m0/s1. The van der Waals surface area contributed by atoms with Crippen LogP contribution in [0.5, 0.6) is 0 Å². The lowest BCUT2D eigenvalue weighted by Gasteiger charge is -2.35. The Morgan fingerprint density at radius 3 is 2.42 bits per heavy atom. The number of halogens is 1. The van der Waals surface area contributed by atoms with Gasteiger partial charge in [0, 0.05) is 43.9 Å². The summed E-state index contributed by atoms with van der Waals surface area (Å²) in [4.78, 5) is 44.4. The van der Waals surface area contributed by atoms with Crippen molar-refractivity contribution in [3.63, 3.8) is 0 Å². The highest BCUT2D eigenvalue weighted by Crippen LogP contribution is 2.20. The van der Waals surface area contributed by atoms with E-state index in [1.165, 1.54) is 0 Å². The van der Waals surface area contributed by atoms with Gasteiger partial charge in [-0.05, 0) is 43.0 Å². The third kappa shape index (κ3) is 6.78. The summed E-state index contributed by atoms with van der Waals surface area (Å²) < 4.78 is 0. The molecule has 3 rings (SSSR count). The highest BCUT2D eigenvalue weighted by Gasteiger charge is 2.33. The van der Waals surface area contributed by atoms with E-state index in [2.05, 4.69) is 15.6 Å². The summed E-state index contributed by atoms with van der Waals surface area (Å²) in [5, 5.41) is 6.18. The molecule has 2 N–H and O–H groups in total. The Labute approximate surface area is 199 Å². The molecule has 176 valence electrons. The first-order valence-electron chi connectivity index (χ1n) is 11.4. The number of carbonyl (C=O) groups is 3. The number of rotatable bonds is 8. The van der Waals surface area contributed by atoms with Crippen molar-refractivity contribution in [2.24, 2.45) is 11.8 Å². The number of likely N-dealkylation sites (tertiary alicyclic amines) is 1. The molecule has 1 fully saturated rings. The van der Waals surface area contributed by atoms with Gasteiger partial charge < -0.3 is 15.5 Å². The van der Waals surface area contributed by atoms with Gasteiger partial charge in [0.25, 0.3) is 5.91 Å². The first-order chi connectivity index (χ1) is 15.9. The molecule has 0 bridgehead atoms. The number of aromatic nitrogens is 1.